The van der Waals surface area contributed by atoms with Gasteiger partial charge in [-0.15, -0.1) is 12.4 Å². The van der Waals surface area contributed by atoms with Crippen molar-refractivity contribution in [3.8, 4) is 5.75 Å². The van der Waals surface area contributed by atoms with Gasteiger partial charge in [-0.2, -0.15) is 0 Å². The van der Waals surface area contributed by atoms with Crippen LogP contribution >= 0.6 is 12.4 Å². The topological polar surface area (TPSA) is 61.8 Å². The minimum absolute atomic E-state index is 0. The maximum absolute atomic E-state index is 13.3. The Morgan fingerprint density at radius 2 is 2.25 bits per heavy atom. The van der Waals surface area contributed by atoms with Crippen LogP contribution in [-0.4, -0.2) is 48.4 Å². The van der Waals surface area contributed by atoms with Crippen molar-refractivity contribution in [3.63, 3.8) is 0 Å². The molecule has 0 unspecified atom stereocenters. The van der Waals surface area contributed by atoms with E-state index >= 15 is 0 Å². The van der Waals surface area contributed by atoms with Gasteiger partial charge in [-0.05, 0) is 18.6 Å². The van der Waals surface area contributed by atoms with Crippen LogP contribution in [-0.2, 0) is 0 Å². The largest absolute Gasteiger partial charge is 0.490 e. The summed E-state index contributed by atoms with van der Waals surface area (Å²) in [6, 6.07) is 6.30. The molecule has 2 rings (SSSR count). The molecule has 0 radical (unpaired) electrons. The van der Waals surface area contributed by atoms with Crippen LogP contribution in [0.2, 0.25) is 0 Å². The molecule has 2 N–H and O–H groups in total. The normalized spacial score (nSPS) is 18.2. The SMILES string of the molecule is Cl.O=C(O)N1CCN[C@H](CCOc2ccccc2F)C1. The van der Waals surface area contributed by atoms with Crippen molar-refractivity contribution in [1.82, 2.24) is 10.2 Å². The number of hydrogen-bond acceptors (Lipinski definition) is 3. The summed E-state index contributed by atoms with van der Waals surface area (Å²) in [7, 11) is 0. The van der Waals surface area contributed by atoms with Crippen molar-refractivity contribution in [1.29, 1.82) is 0 Å². The van der Waals surface area contributed by atoms with E-state index in [4.69, 9.17) is 9.84 Å². The maximum Gasteiger partial charge on any atom is 0.407 e. The fraction of sp³-hybridized carbons (Fsp3) is 0.462. The average Bonchev–Trinajstić information content (AvgIpc) is 2.41. The van der Waals surface area contributed by atoms with Crippen molar-refractivity contribution in [2.75, 3.05) is 26.2 Å². The Morgan fingerprint density at radius 1 is 1.50 bits per heavy atom. The summed E-state index contributed by atoms with van der Waals surface area (Å²) in [6.45, 7) is 1.93. The molecule has 0 spiro atoms. The second-order valence-corrected chi connectivity index (χ2v) is 4.45. The molecular weight excluding hydrogens is 287 g/mol. The lowest BCUT2D eigenvalue weighted by molar-refractivity contribution is 0.124. The van der Waals surface area contributed by atoms with E-state index in [1.165, 1.54) is 11.0 Å². The Bertz CT molecular complexity index is 447. The zero-order chi connectivity index (χ0) is 13.7. The van der Waals surface area contributed by atoms with E-state index < -0.39 is 6.09 Å². The molecule has 1 atom stereocenters. The van der Waals surface area contributed by atoms with Gasteiger partial charge < -0.3 is 20.1 Å². The first-order valence-electron chi connectivity index (χ1n) is 6.25. The Hall–Kier alpha value is -1.53. The van der Waals surface area contributed by atoms with Gasteiger partial charge in [0.15, 0.2) is 11.6 Å². The van der Waals surface area contributed by atoms with Crippen LogP contribution in [0, 0.1) is 5.82 Å². The quantitative estimate of drug-likeness (QED) is 0.893. The number of halogens is 2. The minimum Gasteiger partial charge on any atom is -0.490 e. The summed E-state index contributed by atoms with van der Waals surface area (Å²) < 4.78 is 18.7. The lowest BCUT2D eigenvalue weighted by atomic mass is 10.1. The van der Waals surface area contributed by atoms with E-state index in [1.807, 2.05) is 0 Å². The summed E-state index contributed by atoms with van der Waals surface area (Å²) in [4.78, 5) is 12.2. The van der Waals surface area contributed by atoms with E-state index in [-0.39, 0.29) is 30.0 Å². The van der Waals surface area contributed by atoms with Crippen LogP contribution in [0.25, 0.3) is 0 Å². The molecule has 1 heterocycles. The number of rotatable bonds is 4. The van der Waals surface area contributed by atoms with Crippen LogP contribution in [0.3, 0.4) is 0 Å². The molecule has 0 aliphatic carbocycles. The summed E-state index contributed by atoms with van der Waals surface area (Å²) >= 11 is 0. The van der Waals surface area contributed by atoms with E-state index in [9.17, 15) is 9.18 Å². The summed E-state index contributed by atoms with van der Waals surface area (Å²) in [5.41, 5.74) is 0. The van der Waals surface area contributed by atoms with Gasteiger partial charge in [0.05, 0.1) is 6.61 Å². The summed E-state index contributed by atoms with van der Waals surface area (Å²) in [5, 5.41) is 12.1. The van der Waals surface area contributed by atoms with Gasteiger partial charge in [-0.25, -0.2) is 9.18 Å². The Kier molecular flexibility index (Phi) is 6.54. The third-order valence-corrected chi connectivity index (χ3v) is 3.09. The fourth-order valence-electron chi connectivity index (χ4n) is 2.07. The number of ether oxygens (including phenoxy) is 1. The highest BCUT2D eigenvalue weighted by atomic mass is 35.5. The molecule has 112 valence electrons. The zero-order valence-electron chi connectivity index (χ0n) is 10.9. The Labute approximate surface area is 123 Å². The number of nitrogens with one attached hydrogen (secondary N) is 1. The van der Waals surface area contributed by atoms with E-state index in [1.54, 1.807) is 18.2 Å². The predicted octanol–water partition coefficient (Wildman–Crippen LogP) is 1.97. The molecule has 1 aliphatic rings. The minimum atomic E-state index is -0.901. The second-order valence-electron chi connectivity index (χ2n) is 4.45. The molecule has 1 aliphatic heterocycles. The number of benzene rings is 1. The van der Waals surface area contributed by atoms with Crippen LogP contribution < -0.4 is 10.1 Å². The van der Waals surface area contributed by atoms with Crippen LogP contribution in [0.15, 0.2) is 24.3 Å². The van der Waals surface area contributed by atoms with Crippen LogP contribution in [0.5, 0.6) is 5.75 Å². The maximum atomic E-state index is 13.3. The first kappa shape index (κ1) is 16.5. The Balaban J connectivity index is 0.00000200. The zero-order valence-corrected chi connectivity index (χ0v) is 11.7. The number of amides is 1. The highest BCUT2D eigenvalue weighted by Gasteiger charge is 2.22. The van der Waals surface area contributed by atoms with E-state index in [2.05, 4.69) is 5.32 Å². The van der Waals surface area contributed by atoms with Crippen LogP contribution in [0.1, 0.15) is 6.42 Å². The van der Waals surface area contributed by atoms with Crippen molar-refractivity contribution in [2.45, 2.75) is 12.5 Å². The van der Waals surface area contributed by atoms with E-state index in [0.29, 0.717) is 32.7 Å². The van der Waals surface area contributed by atoms with E-state index in [0.717, 1.165) is 0 Å². The van der Waals surface area contributed by atoms with Gasteiger partial charge in [-0.3, -0.25) is 0 Å². The number of carbonyl (C=O) groups is 1. The van der Waals surface area contributed by atoms with Gasteiger partial charge in [-0.1, -0.05) is 12.1 Å². The molecule has 1 fully saturated rings. The molecule has 1 aromatic carbocycles. The standard InChI is InChI=1S/C13H17FN2O3.ClH/c14-11-3-1-2-4-12(11)19-8-5-10-9-16(13(17)18)7-6-15-10;/h1-4,10,15H,5-9H2,(H,17,18);1H/t10-;/m1./s1. The highest BCUT2D eigenvalue weighted by molar-refractivity contribution is 5.85. The third-order valence-electron chi connectivity index (χ3n) is 3.09. The smallest absolute Gasteiger partial charge is 0.407 e. The molecule has 1 aromatic rings. The third kappa shape index (κ3) is 4.54. The summed E-state index contributed by atoms with van der Waals surface area (Å²) in [6.07, 6.45) is -0.264. The first-order chi connectivity index (χ1) is 9.16. The highest BCUT2D eigenvalue weighted by Crippen LogP contribution is 2.15. The molecule has 20 heavy (non-hydrogen) atoms. The lowest BCUT2D eigenvalue weighted by Crippen LogP contribution is -2.52. The van der Waals surface area contributed by atoms with Crippen molar-refractivity contribution in [3.05, 3.63) is 30.1 Å². The number of piperazine rings is 1. The average molecular weight is 305 g/mol. The van der Waals surface area contributed by atoms with Crippen molar-refractivity contribution < 1.29 is 19.0 Å². The second kappa shape index (κ2) is 7.91. The Morgan fingerprint density at radius 3 is 2.95 bits per heavy atom. The number of carboxylic acid groups (broad SMARTS) is 1. The molecule has 1 saturated heterocycles. The number of hydrogen-bond donors (Lipinski definition) is 2. The first-order valence-corrected chi connectivity index (χ1v) is 6.25. The molecular formula is C13H18ClFN2O3. The summed E-state index contributed by atoms with van der Waals surface area (Å²) in [5.74, 6) is -0.153. The van der Waals surface area contributed by atoms with Crippen molar-refractivity contribution in [2.24, 2.45) is 0 Å². The van der Waals surface area contributed by atoms with Gasteiger partial charge >= 0.3 is 6.09 Å². The van der Waals surface area contributed by atoms with Gasteiger partial charge in [0.1, 0.15) is 0 Å². The number of para-hydroxylation sites is 1. The van der Waals surface area contributed by atoms with Crippen molar-refractivity contribution >= 4 is 18.5 Å². The fourth-order valence-corrected chi connectivity index (χ4v) is 2.07. The monoisotopic (exact) mass is 304 g/mol. The predicted molar refractivity (Wildman–Crippen MR) is 75.1 cm³/mol. The molecule has 5 nitrogen and oxygen atoms in total. The molecule has 1 amide bonds. The van der Waals surface area contributed by atoms with Gasteiger partial charge in [0.25, 0.3) is 0 Å². The molecule has 0 bridgehead atoms. The molecule has 0 aromatic heterocycles. The van der Waals surface area contributed by atoms with Crippen LogP contribution in [0.4, 0.5) is 9.18 Å². The van der Waals surface area contributed by atoms with Gasteiger partial charge in [0, 0.05) is 25.7 Å². The lowest BCUT2D eigenvalue weighted by Gasteiger charge is -2.31. The van der Waals surface area contributed by atoms with Gasteiger partial charge in [0.2, 0.25) is 0 Å². The molecule has 7 heteroatoms. The molecule has 0 saturated carbocycles. The number of nitrogens with zero attached hydrogens (tertiary/aromatic N) is 1.